The van der Waals surface area contributed by atoms with Gasteiger partial charge < -0.3 is 20.3 Å². The molecule has 5 rings (SSSR count). The molecule has 182 valence electrons. The number of methoxy groups -OCH3 is 1. The number of fused-ring (bicyclic) bond motifs is 1. The molecular weight excluding hydrogens is 440 g/mol. The molecule has 0 unspecified atom stereocenters. The number of nitrogens with zero attached hydrogens (tertiary/aromatic N) is 4. The molecule has 1 amide bonds. The second kappa shape index (κ2) is 9.26. The van der Waals surface area contributed by atoms with Gasteiger partial charge in [-0.3, -0.25) is 4.79 Å². The molecule has 0 saturated carbocycles. The number of ether oxygens (including phenoxy) is 1. The first-order chi connectivity index (χ1) is 16.8. The van der Waals surface area contributed by atoms with E-state index in [4.69, 9.17) is 9.72 Å². The Hall–Kier alpha value is -3.52. The molecule has 0 atom stereocenters. The summed E-state index contributed by atoms with van der Waals surface area (Å²) in [5.74, 6) is 1.51. The van der Waals surface area contributed by atoms with Crippen LogP contribution in [-0.2, 0) is 10.2 Å². The van der Waals surface area contributed by atoms with E-state index in [0.717, 1.165) is 60.8 Å². The van der Waals surface area contributed by atoms with Crippen molar-refractivity contribution >= 4 is 23.4 Å². The fourth-order valence-electron chi connectivity index (χ4n) is 4.78. The minimum absolute atomic E-state index is 0.0302. The molecule has 4 heterocycles. The van der Waals surface area contributed by atoms with Crippen LogP contribution in [-0.4, -0.2) is 58.6 Å². The molecule has 35 heavy (non-hydrogen) atoms. The lowest BCUT2D eigenvalue weighted by Crippen LogP contribution is -2.40. The highest BCUT2D eigenvalue weighted by atomic mass is 16.5. The summed E-state index contributed by atoms with van der Waals surface area (Å²) in [6, 6.07) is 9.77. The van der Waals surface area contributed by atoms with Crippen molar-refractivity contribution in [1.29, 1.82) is 0 Å². The largest absolute Gasteiger partial charge is 0.381 e. The molecule has 0 spiro atoms. The molecular formula is C27H32N6O2. The Morgan fingerprint density at radius 1 is 1.17 bits per heavy atom. The van der Waals surface area contributed by atoms with Gasteiger partial charge in [0.1, 0.15) is 5.82 Å². The smallest absolute Gasteiger partial charge is 0.253 e. The van der Waals surface area contributed by atoms with Crippen LogP contribution in [0.2, 0.25) is 0 Å². The maximum Gasteiger partial charge on any atom is 0.253 e. The van der Waals surface area contributed by atoms with Crippen LogP contribution < -0.4 is 10.6 Å². The summed E-state index contributed by atoms with van der Waals surface area (Å²) in [4.78, 5) is 28.6. The number of nitrogens with one attached hydrogen (secondary N) is 2. The van der Waals surface area contributed by atoms with Crippen LogP contribution in [0.4, 0.5) is 17.5 Å². The van der Waals surface area contributed by atoms with Gasteiger partial charge in [0.2, 0.25) is 5.95 Å². The first-order valence-corrected chi connectivity index (χ1v) is 12.1. The molecule has 2 aromatic heterocycles. The number of pyridine rings is 1. The number of piperidine rings is 1. The molecule has 0 bridgehead atoms. The maximum atomic E-state index is 13.0. The number of amides is 1. The van der Waals surface area contributed by atoms with Crippen LogP contribution in [0.3, 0.4) is 0 Å². The molecule has 0 radical (unpaired) electrons. The molecule has 1 saturated heterocycles. The van der Waals surface area contributed by atoms with E-state index in [1.807, 2.05) is 42.3 Å². The molecule has 3 aromatic rings. The van der Waals surface area contributed by atoms with E-state index in [1.165, 1.54) is 5.56 Å². The second-order valence-electron chi connectivity index (χ2n) is 10.0. The van der Waals surface area contributed by atoms with Gasteiger partial charge in [-0.1, -0.05) is 13.8 Å². The second-order valence-corrected chi connectivity index (χ2v) is 10.0. The van der Waals surface area contributed by atoms with E-state index in [-0.39, 0.29) is 17.4 Å². The lowest BCUT2D eigenvalue weighted by atomic mass is 9.87. The number of likely N-dealkylation sites (tertiary alicyclic amines) is 1. The van der Waals surface area contributed by atoms with Gasteiger partial charge in [-0.2, -0.15) is 0 Å². The normalized spacial score (nSPS) is 17.1. The summed E-state index contributed by atoms with van der Waals surface area (Å²) in [6.45, 7) is 8.73. The molecule has 1 fully saturated rings. The number of hydrogen-bond donors (Lipinski definition) is 2. The first kappa shape index (κ1) is 23.2. The van der Waals surface area contributed by atoms with Crippen molar-refractivity contribution in [3.05, 3.63) is 59.4 Å². The summed E-state index contributed by atoms with van der Waals surface area (Å²) in [5.41, 5.74) is 5.52. The minimum atomic E-state index is 0.0302. The van der Waals surface area contributed by atoms with Crippen LogP contribution in [0.25, 0.3) is 11.3 Å². The molecule has 0 aliphatic carbocycles. The van der Waals surface area contributed by atoms with E-state index in [0.29, 0.717) is 11.5 Å². The number of hydrogen-bond acceptors (Lipinski definition) is 7. The Labute approximate surface area is 206 Å². The van der Waals surface area contributed by atoms with Gasteiger partial charge in [-0.15, -0.1) is 0 Å². The Bertz CT molecular complexity index is 1250. The van der Waals surface area contributed by atoms with Crippen molar-refractivity contribution in [2.75, 3.05) is 37.4 Å². The third-order valence-electron chi connectivity index (χ3n) is 7.05. The number of benzene rings is 1. The van der Waals surface area contributed by atoms with E-state index in [1.54, 1.807) is 13.3 Å². The van der Waals surface area contributed by atoms with Crippen molar-refractivity contribution in [3.8, 4) is 11.3 Å². The zero-order valence-corrected chi connectivity index (χ0v) is 20.8. The van der Waals surface area contributed by atoms with Gasteiger partial charge in [0.15, 0.2) is 0 Å². The summed E-state index contributed by atoms with van der Waals surface area (Å²) in [5, 5.41) is 6.68. The zero-order chi connectivity index (χ0) is 24.6. The summed E-state index contributed by atoms with van der Waals surface area (Å²) >= 11 is 0. The third-order valence-corrected chi connectivity index (χ3v) is 7.05. The van der Waals surface area contributed by atoms with Crippen molar-refractivity contribution in [1.82, 2.24) is 19.9 Å². The lowest BCUT2D eigenvalue weighted by Gasteiger charge is -2.31. The lowest BCUT2D eigenvalue weighted by molar-refractivity contribution is 0.0350. The first-order valence-electron chi connectivity index (χ1n) is 12.1. The predicted octanol–water partition coefficient (Wildman–Crippen LogP) is 4.54. The molecule has 8 nitrogen and oxygen atoms in total. The van der Waals surface area contributed by atoms with Crippen molar-refractivity contribution in [2.24, 2.45) is 0 Å². The average Bonchev–Trinajstić information content (AvgIpc) is 3.19. The standard InChI is InChI=1S/C27H32N6O2/c1-17-13-18(25(34)33-11-8-20(35-4)9-12-33)5-6-22(17)31-26-28-10-7-23(32-26)19-14-21-24(29-15-19)30-16-27(21,2)3/h5-7,10,13-15,20H,8-9,11-12,16H2,1-4H3,(H,29,30)(H,28,31,32). The Morgan fingerprint density at radius 3 is 2.71 bits per heavy atom. The van der Waals surface area contributed by atoms with E-state index in [9.17, 15) is 4.79 Å². The highest BCUT2D eigenvalue weighted by Crippen LogP contribution is 2.36. The fraction of sp³-hybridized carbons (Fsp3) is 0.407. The van der Waals surface area contributed by atoms with Gasteiger partial charge in [0.05, 0.1) is 11.8 Å². The Kier molecular flexibility index (Phi) is 6.15. The summed E-state index contributed by atoms with van der Waals surface area (Å²) < 4.78 is 5.42. The van der Waals surface area contributed by atoms with Gasteiger partial charge in [0.25, 0.3) is 5.91 Å². The summed E-state index contributed by atoms with van der Waals surface area (Å²) in [6.07, 6.45) is 5.60. The zero-order valence-electron chi connectivity index (χ0n) is 20.8. The molecule has 2 N–H and O–H groups in total. The predicted molar refractivity (Wildman–Crippen MR) is 137 cm³/mol. The van der Waals surface area contributed by atoms with Crippen LogP contribution in [0.1, 0.15) is 48.2 Å². The van der Waals surface area contributed by atoms with Crippen molar-refractivity contribution < 1.29 is 9.53 Å². The topological polar surface area (TPSA) is 92.3 Å². The molecule has 2 aliphatic heterocycles. The number of carbonyl (C=O) groups is 1. The number of carbonyl (C=O) groups excluding carboxylic acids is 1. The van der Waals surface area contributed by atoms with Gasteiger partial charge in [-0.05, 0) is 55.7 Å². The summed E-state index contributed by atoms with van der Waals surface area (Å²) in [7, 11) is 1.73. The number of aryl methyl sites for hydroxylation is 1. The molecule has 2 aliphatic rings. The average molecular weight is 473 g/mol. The van der Waals surface area contributed by atoms with Crippen LogP contribution in [0.15, 0.2) is 42.7 Å². The fourth-order valence-corrected chi connectivity index (χ4v) is 4.78. The highest BCUT2D eigenvalue weighted by Gasteiger charge is 2.31. The number of anilines is 3. The monoisotopic (exact) mass is 472 g/mol. The van der Waals surface area contributed by atoms with E-state index < -0.39 is 0 Å². The molecule has 8 heteroatoms. The Morgan fingerprint density at radius 2 is 1.97 bits per heavy atom. The van der Waals surface area contributed by atoms with Crippen molar-refractivity contribution in [2.45, 2.75) is 45.1 Å². The van der Waals surface area contributed by atoms with Gasteiger partial charge in [0, 0.05) is 66.9 Å². The van der Waals surface area contributed by atoms with Crippen LogP contribution >= 0.6 is 0 Å². The van der Waals surface area contributed by atoms with Crippen LogP contribution in [0.5, 0.6) is 0 Å². The van der Waals surface area contributed by atoms with Gasteiger partial charge in [-0.25, -0.2) is 15.0 Å². The minimum Gasteiger partial charge on any atom is -0.381 e. The van der Waals surface area contributed by atoms with Crippen LogP contribution in [0, 0.1) is 6.92 Å². The number of aromatic nitrogens is 3. The van der Waals surface area contributed by atoms with E-state index >= 15 is 0 Å². The van der Waals surface area contributed by atoms with Crippen molar-refractivity contribution in [3.63, 3.8) is 0 Å². The maximum absolute atomic E-state index is 13.0. The SMILES string of the molecule is COC1CCN(C(=O)c2ccc(Nc3nccc(-c4cnc5c(c4)C(C)(C)CN5)n3)c(C)c2)CC1. The molecule has 1 aromatic carbocycles. The van der Waals surface area contributed by atoms with Gasteiger partial charge >= 0.3 is 0 Å². The Balaban J connectivity index is 1.32. The van der Waals surface area contributed by atoms with E-state index in [2.05, 4.69) is 40.5 Å². The highest BCUT2D eigenvalue weighted by molar-refractivity contribution is 5.95. The third kappa shape index (κ3) is 4.71. The number of rotatable bonds is 5. The quantitative estimate of drug-likeness (QED) is 0.563.